The number of phenols is 1. The molecule has 2 nitrogen and oxygen atoms in total. The van der Waals surface area contributed by atoms with Gasteiger partial charge in [0.1, 0.15) is 5.75 Å². The van der Waals surface area contributed by atoms with Crippen LogP contribution in [0.15, 0.2) is 48.5 Å². The molecule has 2 fully saturated rings. The Morgan fingerprint density at radius 1 is 1.12 bits per heavy atom. The molecule has 0 aromatic heterocycles. The Balaban J connectivity index is 0.00000182. The van der Waals surface area contributed by atoms with Crippen LogP contribution in [0.4, 0.5) is 0 Å². The van der Waals surface area contributed by atoms with Gasteiger partial charge in [0.25, 0.3) is 0 Å². The first kappa shape index (κ1) is 18.8. The zero-order chi connectivity index (χ0) is 16.6. The van der Waals surface area contributed by atoms with Gasteiger partial charge in [-0.2, -0.15) is 0 Å². The number of halogens is 2. The van der Waals surface area contributed by atoms with Crippen LogP contribution in [0.1, 0.15) is 36.8 Å². The zero-order valence-electron chi connectivity index (χ0n) is 14.3. The number of likely N-dealkylation sites (tertiary alicyclic amines) is 1. The van der Waals surface area contributed by atoms with E-state index in [1.54, 1.807) is 6.07 Å². The third kappa shape index (κ3) is 3.89. The molecule has 1 saturated carbocycles. The monoisotopic (exact) mass is 421 g/mol. The highest BCUT2D eigenvalue weighted by molar-refractivity contribution is 8.93. The molecular weight excluding hydrogens is 398 g/mol. The number of rotatable bonds is 4. The molecule has 1 N–H and O–H groups in total. The van der Waals surface area contributed by atoms with Crippen molar-refractivity contribution in [3.63, 3.8) is 0 Å². The van der Waals surface area contributed by atoms with Crippen LogP contribution in [0, 0.1) is 0 Å². The highest BCUT2D eigenvalue weighted by Crippen LogP contribution is 2.49. The van der Waals surface area contributed by atoms with E-state index in [0.717, 1.165) is 24.5 Å². The SMILES string of the molecule is Br.Oc1cccc(C23CCC(C2)N(CCc2cccc(Cl)c2)CC3)c1. The van der Waals surface area contributed by atoms with Crippen molar-refractivity contribution >= 4 is 28.6 Å². The van der Waals surface area contributed by atoms with Crippen LogP contribution in [0.25, 0.3) is 0 Å². The van der Waals surface area contributed by atoms with E-state index in [2.05, 4.69) is 23.1 Å². The summed E-state index contributed by atoms with van der Waals surface area (Å²) in [6, 6.07) is 16.8. The Kier molecular flexibility index (Phi) is 5.77. The lowest BCUT2D eigenvalue weighted by Gasteiger charge is -2.40. The van der Waals surface area contributed by atoms with E-state index in [1.807, 2.05) is 24.3 Å². The standard InChI is InChI=1S/C21H24ClNO.BrH/c22-18-5-1-3-16(13-18)8-11-23-12-10-21(9-7-19(23)15-21)17-4-2-6-20(24)14-17;/h1-6,13-14,19,24H,7-12,15H2;1H. The van der Waals surface area contributed by atoms with Crippen molar-refractivity contribution in [2.45, 2.75) is 43.6 Å². The maximum atomic E-state index is 9.83. The molecule has 1 aliphatic heterocycles. The van der Waals surface area contributed by atoms with Crippen LogP contribution in [0.2, 0.25) is 5.02 Å². The molecule has 0 amide bonds. The van der Waals surface area contributed by atoms with Gasteiger partial charge in [0.15, 0.2) is 0 Å². The first-order valence-corrected chi connectivity index (χ1v) is 9.30. The van der Waals surface area contributed by atoms with E-state index in [-0.39, 0.29) is 22.4 Å². The van der Waals surface area contributed by atoms with Crippen molar-refractivity contribution in [3.8, 4) is 5.75 Å². The molecule has 2 atom stereocenters. The van der Waals surface area contributed by atoms with Crippen molar-refractivity contribution in [1.29, 1.82) is 0 Å². The predicted octanol–water partition coefficient (Wildman–Crippen LogP) is 5.36. The fourth-order valence-electron chi connectivity index (χ4n) is 4.68. The summed E-state index contributed by atoms with van der Waals surface area (Å²) >= 11 is 6.09. The minimum atomic E-state index is 0. The van der Waals surface area contributed by atoms with Crippen LogP contribution in [-0.2, 0) is 11.8 Å². The molecule has 2 unspecified atom stereocenters. The number of piperidine rings is 1. The van der Waals surface area contributed by atoms with Gasteiger partial charge in [-0.25, -0.2) is 0 Å². The van der Waals surface area contributed by atoms with Crippen molar-refractivity contribution in [3.05, 3.63) is 64.7 Å². The first-order valence-electron chi connectivity index (χ1n) is 8.93. The number of hydrogen-bond acceptors (Lipinski definition) is 2. The van der Waals surface area contributed by atoms with Crippen LogP contribution in [-0.4, -0.2) is 29.1 Å². The lowest BCUT2D eigenvalue weighted by Crippen LogP contribution is -2.43. The molecule has 2 aliphatic rings. The Labute approximate surface area is 165 Å². The highest BCUT2D eigenvalue weighted by Gasteiger charge is 2.46. The van der Waals surface area contributed by atoms with Gasteiger partial charge < -0.3 is 5.11 Å². The third-order valence-electron chi connectivity index (χ3n) is 6.01. The highest BCUT2D eigenvalue weighted by atomic mass is 79.9. The minimum Gasteiger partial charge on any atom is -0.508 e. The van der Waals surface area contributed by atoms with Gasteiger partial charge in [-0.3, -0.25) is 4.90 Å². The number of aromatic hydroxyl groups is 1. The quantitative estimate of drug-likeness (QED) is 0.716. The Morgan fingerprint density at radius 2 is 1.96 bits per heavy atom. The second-order valence-corrected chi connectivity index (χ2v) is 7.83. The van der Waals surface area contributed by atoms with Crippen LogP contribution in [0.3, 0.4) is 0 Å². The van der Waals surface area contributed by atoms with E-state index < -0.39 is 0 Å². The molecule has 0 spiro atoms. The van der Waals surface area contributed by atoms with Gasteiger partial charge in [0.05, 0.1) is 0 Å². The van der Waals surface area contributed by atoms with Gasteiger partial charge in [0, 0.05) is 17.6 Å². The first-order chi connectivity index (χ1) is 11.6. The van der Waals surface area contributed by atoms with Crippen LogP contribution in [0.5, 0.6) is 5.75 Å². The maximum absolute atomic E-state index is 9.83. The van der Waals surface area contributed by atoms with E-state index in [4.69, 9.17) is 11.6 Å². The molecule has 1 aliphatic carbocycles. The Bertz CT molecular complexity index is 737. The molecule has 25 heavy (non-hydrogen) atoms. The molecule has 1 saturated heterocycles. The van der Waals surface area contributed by atoms with E-state index in [0.29, 0.717) is 11.8 Å². The topological polar surface area (TPSA) is 23.5 Å². The summed E-state index contributed by atoms with van der Waals surface area (Å²) in [6.45, 7) is 2.27. The van der Waals surface area contributed by atoms with Gasteiger partial charge in [-0.1, -0.05) is 35.9 Å². The average molecular weight is 423 g/mol. The number of phenolic OH excluding ortho intramolecular Hbond substituents is 1. The Morgan fingerprint density at radius 3 is 2.76 bits per heavy atom. The minimum absolute atomic E-state index is 0. The summed E-state index contributed by atoms with van der Waals surface area (Å²) in [6.07, 6.45) is 6.00. The van der Waals surface area contributed by atoms with Crippen molar-refractivity contribution in [1.82, 2.24) is 4.90 Å². The second-order valence-electron chi connectivity index (χ2n) is 7.39. The lowest BCUT2D eigenvalue weighted by atomic mass is 9.74. The van der Waals surface area contributed by atoms with Gasteiger partial charge in [-0.15, -0.1) is 17.0 Å². The molecule has 1 heterocycles. The van der Waals surface area contributed by atoms with Gasteiger partial charge >= 0.3 is 0 Å². The average Bonchev–Trinajstić information content (AvgIpc) is 2.93. The summed E-state index contributed by atoms with van der Waals surface area (Å²) < 4.78 is 0. The number of fused-ring (bicyclic) bond motifs is 2. The van der Waals surface area contributed by atoms with Crippen molar-refractivity contribution in [2.75, 3.05) is 13.1 Å². The maximum Gasteiger partial charge on any atom is 0.115 e. The number of hydrogen-bond donors (Lipinski definition) is 1. The molecule has 0 radical (unpaired) electrons. The third-order valence-corrected chi connectivity index (χ3v) is 6.25. The van der Waals surface area contributed by atoms with E-state index in [1.165, 1.54) is 36.8 Å². The summed E-state index contributed by atoms with van der Waals surface area (Å²) in [4.78, 5) is 2.66. The fourth-order valence-corrected chi connectivity index (χ4v) is 4.89. The Hall–Kier alpha value is -1.03. The lowest BCUT2D eigenvalue weighted by molar-refractivity contribution is 0.142. The smallest absolute Gasteiger partial charge is 0.115 e. The molecule has 4 heteroatoms. The van der Waals surface area contributed by atoms with E-state index >= 15 is 0 Å². The summed E-state index contributed by atoms with van der Waals surface area (Å²) in [5.41, 5.74) is 2.94. The number of nitrogens with zero attached hydrogens (tertiary/aromatic N) is 1. The summed E-state index contributed by atoms with van der Waals surface area (Å²) in [5, 5.41) is 10.7. The van der Waals surface area contributed by atoms with E-state index in [9.17, 15) is 5.11 Å². The van der Waals surface area contributed by atoms with Gasteiger partial charge in [0.2, 0.25) is 0 Å². The molecule has 2 aromatic carbocycles. The summed E-state index contributed by atoms with van der Waals surface area (Å²) in [5.74, 6) is 0.397. The van der Waals surface area contributed by atoms with Crippen LogP contribution < -0.4 is 0 Å². The fraction of sp³-hybridized carbons (Fsp3) is 0.429. The molecule has 4 rings (SSSR count). The second kappa shape index (κ2) is 7.69. The van der Waals surface area contributed by atoms with Gasteiger partial charge in [-0.05, 0) is 79.5 Å². The molecule has 134 valence electrons. The summed E-state index contributed by atoms with van der Waals surface area (Å²) in [7, 11) is 0. The molecule has 2 aromatic rings. The zero-order valence-corrected chi connectivity index (χ0v) is 16.8. The molecular formula is C21H25BrClNO. The predicted molar refractivity (Wildman–Crippen MR) is 109 cm³/mol. The van der Waals surface area contributed by atoms with Crippen molar-refractivity contribution < 1.29 is 5.11 Å². The van der Waals surface area contributed by atoms with Crippen molar-refractivity contribution in [2.24, 2.45) is 0 Å². The van der Waals surface area contributed by atoms with Crippen LogP contribution >= 0.6 is 28.6 Å². The molecule has 2 bridgehead atoms. The largest absolute Gasteiger partial charge is 0.508 e. The normalized spacial score (nSPS) is 25.6. The number of benzene rings is 2.